The first-order valence-corrected chi connectivity index (χ1v) is 3.64. The molecule has 0 aliphatic carbocycles. The van der Waals surface area contributed by atoms with Crippen LogP contribution in [0.5, 0.6) is 0 Å². The van der Waals surface area contributed by atoms with E-state index in [9.17, 15) is 0 Å². The number of nitrogens with zero attached hydrogens (tertiary/aromatic N) is 1. The summed E-state index contributed by atoms with van der Waals surface area (Å²) in [4.78, 5) is 2.08. The van der Waals surface area contributed by atoms with Gasteiger partial charge in [0.2, 0.25) is 0 Å². The number of hydrogen-bond acceptors (Lipinski definition) is 1. The largest absolute Gasteiger partial charge is 0.377 e. The summed E-state index contributed by atoms with van der Waals surface area (Å²) in [6.07, 6.45) is 0. The number of rotatable bonds is 1. The van der Waals surface area contributed by atoms with Gasteiger partial charge in [0, 0.05) is 19.8 Å². The van der Waals surface area contributed by atoms with Crippen molar-refractivity contribution in [3.8, 4) is 0 Å². The van der Waals surface area contributed by atoms with Gasteiger partial charge in [-0.15, -0.1) is 0 Å². The fraction of sp³-hybridized carbons (Fsp3) is 0.333. The van der Waals surface area contributed by atoms with Crippen LogP contribution in [0.2, 0.25) is 0 Å². The molecule has 0 saturated carbocycles. The zero-order valence-electron chi connectivity index (χ0n) is 7.26. The van der Waals surface area contributed by atoms with Crippen LogP contribution in [0.15, 0.2) is 18.2 Å². The van der Waals surface area contributed by atoms with E-state index in [-0.39, 0.29) is 0 Å². The number of hydrogen-bond donors (Lipinski definition) is 0. The molecule has 1 nitrogen and oxygen atoms in total. The standard InChI is InChI=1S/C9H12BN/c1-7-6-8(10)4-5-9(7)11(2)3/h4-6H,1-3H3. The van der Waals surface area contributed by atoms with Crippen molar-refractivity contribution in [3.05, 3.63) is 23.8 Å². The number of benzene rings is 1. The topological polar surface area (TPSA) is 3.24 Å². The van der Waals surface area contributed by atoms with Crippen LogP contribution in [0.3, 0.4) is 0 Å². The third-order valence-corrected chi connectivity index (χ3v) is 1.70. The Hall–Kier alpha value is -0.915. The van der Waals surface area contributed by atoms with E-state index in [2.05, 4.69) is 11.8 Å². The summed E-state index contributed by atoms with van der Waals surface area (Å²) in [7, 11) is 9.66. The molecule has 0 bridgehead atoms. The Balaban J connectivity index is 3.09. The highest BCUT2D eigenvalue weighted by Gasteiger charge is 1.98. The maximum absolute atomic E-state index is 5.61. The van der Waals surface area contributed by atoms with E-state index in [0.29, 0.717) is 0 Å². The lowest BCUT2D eigenvalue weighted by Gasteiger charge is -2.15. The Morgan fingerprint density at radius 2 is 1.91 bits per heavy atom. The van der Waals surface area contributed by atoms with Crippen molar-refractivity contribution in [1.29, 1.82) is 0 Å². The highest BCUT2D eigenvalue weighted by molar-refractivity contribution is 6.32. The number of anilines is 1. The molecule has 1 aromatic rings. The van der Waals surface area contributed by atoms with Gasteiger partial charge >= 0.3 is 0 Å². The molecule has 2 heteroatoms. The summed E-state index contributed by atoms with van der Waals surface area (Å²) in [6.45, 7) is 2.06. The van der Waals surface area contributed by atoms with Crippen LogP contribution in [-0.4, -0.2) is 21.9 Å². The lowest BCUT2D eigenvalue weighted by molar-refractivity contribution is 1.12. The molecule has 0 aromatic heterocycles. The van der Waals surface area contributed by atoms with Crippen molar-refractivity contribution >= 4 is 19.0 Å². The van der Waals surface area contributed by atoms with Crippen molar-refractivity contribution in [2.45, 2.75) is 6.92 Å². The van der Waals surface area contributed by atoms with Crippen molar-refractivity contribution < 1.29 is 0 Å². The first-order chi connectivity index (χ1) is 5.11. The Morgan fingerprint density at radius 3 is 2.36 bits per heavy atom. The zero-order valence-corrected chi connectivity index (χ0v) is 7.26. The highest BCUT2D eigenvalue weighted by atomic mass is 15.1. The van der Waals surface area contributed by atoms with Gasteiger partial charge in [0.15, 0.2) is 0 Å². The highest BCUT2D eigenvalue weighted by Crippen LogP contribution is 2.14. The minimum absolute atomic E-state index is 0.827. The molecule has 0 N–H and O–H groups in total. The molecule has 0 atom stereocenters. The lowest BCUT2D eigenvalue weighted by atomic mass is 9.94. The summed E-state index contributed by atoms with van der Waals surface area (Å²) >= 11 is 0. The Morgan fingerprint density at radius 1 is 1.27 bits per heavy atom. The predicted molar refractivity (Wildman–Crippen MR) is 50.9 cm³/mol. The fourth-order valence-electron chi connectivity index (χ4n) is 1.18. The van der Waals surface area contributed by atoms with Gasteiger partial charge in [0.1, 0.15) is 7.85 Å². The van der Waals surface area contributed by atoms with Crippen LogP contribution in [0.4, 0.5) is 5.69 Å². The van der Waals surface area contributed by atoms with Crippen LogP contribution >= 0.6 is 0 Å². The van der Waals surface area contributed by atoms with Crippen LogP contribution in [0.1, 0.15) is 5.56 Å². The van der Waals surface area contributed by atoms with E-state index >= 15 is 0 Å². The van der Waals surface area contributed by atoms with Crippen molar-refractivity contribution in [2.75, 3.05) is 19.0 Å². The summed E-state index contributed by atoms with van der Waals surface area (Å²) in [5.41, 5.74) is 3.27. The van der Waals surface area contributed by atoms with Gasteiger partial charge in [-0.3, -0.25) is 0 Å². The van der Waals surface area contributed by atoms with E-state index in [0.717, 1.165) is 5.46 Å². The first-order valence-electron chi connectivity index (χ1n) is 3.64. The molecule has 11 heavy (non-hydrogen) atoms. The van der Waals surface area contributed by atoms with Gasteiger partial charge in [0.05, 0.1) is 0 Å². The van der Waals surface area contributed by atoms with E-state index in [4.69, 9.17) is 7.85 Å². The molecule has 0 aliphatic heterocycles. The molecule has 1 aromatic carbocycles. The molecule has 2 radical (unpaired) electrons. The van der Waals surface area contributed by atoms with Crippen LogP contribution in [0.25, 0.3) is 0 Å². The van der Waals surface area contributed by atoms with Crippen molar-refractivity contribution in [3.63, 3.8) is 0 Å². The van der Waals surface area contributed by atoms with Crippen molar-refractivity contribution in [1.82, 2.24) is 0 Å². The molecule has 0 aliphatic rings. The molecule has 0 heterocycles. The van der Waals surface area contributed by atoms with E-state index in [1.54, 1.807) is 0 Å². The lowest BCUT2D eigenvalue weighted by Crippen LogP contribution is -2.12. The SMILES string of the molecule is [B]c1ccc(N(C)C)c(C)c1. The summed E-state index contributed by atoms with van der Waals surface area (Å²) in [5, 5.41) is 0. The maximum atomic E-state index is 5.61. The van der Waals surface area contributed by atoms with Gasteiger partial charge < -0.3 is 4.90 Å². The molecule has 0 saturated heterocycles. The molecular formula is C9H12BN. The molecular weight excluding hydrogens is 133 g/mol. The molecule has 0 fully saturated rings. The number of aryl methyl sites for hydroxylation is 1. The average Bonchev–Trinajstić information content (AvgIpc) is 1.85. The third kappa shape index (κ3) is 1.76. The smallest absolute Gasteiger partial charge is 0.113 e. The van der Waals surface area contributed by atoms with E-state index in [1.807, 2.05) is 32.3 Å². The quantitative estimate of drug-likeness (QED) is 0.529. The minimum atomic E-state index is 0.827. The second-order valence-electron chi connectivity index (χ2n) is 2.94. The van der Waals surface area contributed by atoms with Crippen LogP contribution in [0, 0.1) is 6.92 Å². The monoisotopic (exact) mass is 145 g/mol. The third-order valence-electron chi connectivity index (χ3n) is 1.70. The molecule has 1 rings (SSSR count). The van der Waals surface area contributed by atoms with E-state index < -0.39 is 0 Å². The average molecular weight is 145 g/mol. The minimum Gasteiger partial charge on any atom is -0.377 e. The second-order valence-corrected chi connectivity index (χ2v) is 2.94. The summed E-state index contributed by atoms with van der Waals surface area (Å²) in [5.74, 6) is 0. The maximum Gasteiger partial charge on any atom is 0.113 e. The normalized spacial score (nSPS) is 9.73. The summed E-state index contributed by atoms with van der Waals surface area (Å²) < 4.78 is 0. The first kappa shape index (κ1) is 8.18. The fourth-order valence-corrected chi connectivity index (χ4v) is 1.18. The second kappa shape index (κ2) is 2.99. The van der Waals surface area contributed by atoms with Gasteiger partial charge in [0.25, 0.3) is 0 Å². The van der Waals surface area contributed by atoms with E-state index in [1.165, 1.54) is 11.3 Å². The molecule has 0 spiro atoms. The van der Waals surface area contributed by atoms with Crippen LogP contribution in [-0.2, 0) is 0 Å². The van der Waals surface area contributed by atoms with Gasteiger partial charge in [-0.2, -0.15) is 0 Å². The van der Waals surface area contributed by atoms with Crippen molar-refractivity contribution in [2.24, 2.45) is 0 Å². The zero-order chi connectivity index (χ0) is 8.43. The molecule has 56 valence electrons. The van der Waals surface area contributed by atoms with Gasteiger partial charge in [-0.25, -0.2) is 0 Å². The Bertz CT molecular complexity index is 256. The Kier molecular flexibility index (Phi) is 2.23. The molecule has 0 amide bonds. The Labute approximate surface area is 69.4 Å². The molecule has 0 unspecified atom stereocenters. The van der Waals surface area contributed by atoms with Gasteiger partial charge in [-0.05, 0) is 18.6 Å². The summed E-state index contributed by atoms with van der Waals surface area (Å²) in [6, 6.07) is 5.93. The predicted octanol–water partition coefficient (Wildman–Crippen LogP) is 0.855. The van der Waals surface area contributed by atoms with Crippen LogP contribution < -0.4 is 10.4 Å². The van der Waals surface area contributed by atoms with Gasteiger partial charge in [-0.1, -0.05) is 17.6 Å².